The Morgan fingerprint density at radius 1 is 1.32 bits per heavy atom. The number of benzene rings is 1. The summed E-state index contributed by atoms with van der Waals surface area (Å²) in [5.74, 6) is 0.750. The van der Waals surface area contributed by atoms with Gasteiger partial charge < -0.3 is 10.1 Å². The summed E-state index contributed by atoms with van der Waals surface area (Å²) in [4.78, 5) is 4.67. The van der Waals surface area contributed by atoms with Crippen molar-refractivity contribution in [3.8, 4) is 0 Å². The molecule has 0 saturated heterocycles. The Hall–Kier alpha value is -1.61. The molecule has 1 atom stereocenters. The number of fused-ring (bicyclic) bond motifs is 1. The molecule has 1 aliphatic rings. The van der Waals surface area contributed by atoms with Crippen molar-refractivity contribution in [3.63, 3.8) is 0 Å². The molecule has 19 heavy (non-hydrogen) atoms. The van der Waals surface area contributed by atoms with Crippen LogP contribution in [0.25, 0.3) is 10.9 Å². The molecule has 1 heterocycles. The van der Waals surface area contributed by atoms with Crippen LogP contribution in [-0.2, 0) is 4.74 Å². The van der Waals surface area contributed by atoms with Crippen molar-refractivity contribution in [2.75, 3.05) is 19.0 Å². The van der Waals surface area contributed by atoms with Gasteiger partial charge >= 0.3 is 0 Å². The lowest BCUT2D eigenvalue weighted by Gasteiger charge is -2.19. The van der Waals surface area contributed by atoms with Crippen molar-refractivity contribution in [3.05, 3.63) is 36.0 Å². The number of nitrogens with zero attached hydrogens (tertiary/aromatic N) is 1. The Bertz CT molecular complexity index is 578. The molecule has 1 unspecified atom stereocenters. The molecule has 3 nitrogen and oxygen atoms in total. The minimum Gasteiger partial charge on any atom is -0.383 e. The van der Waals surface area contributed by atoms with Crippen LogP contribution in [0.1, 0.15) is 18.5 Å². The van der Waals surface area contributed by atoms with Crippen molar-refractivity contribution >= 4 is 16.6 Å². The lowest BCUT2D eigenvalue weighted by molar-refractivity contribution is 0.179. The number of hydrogen-bond acceptors (Lipinski definition) is 3. The summed E-state index contributed by atoms with van der Waals surface area (Å²) in [6.45, 7) is 2.79. The number of nitrogens with one attached hydrogen (secondary N) is 1. The molecule has 0 spiro atoms. The fourth-order valence-electron chi connectivity index (χ4n) is 2.53. The van der Waals surface area contributed by atoms with E-state index in [1.54, 1.807) is 7.11 Å². The normalized spacial score (nSPS) is 16.5. The van der Waals surface area contributed by atoms with Crippen LogP contribution in [-0.4, -0.2) is 24.7 Å². The Labute approximate surface area is 114 Å². The fourth-order valence-corrected chi connectivity index (χ4v) is 2.53. The average molecular weight is 256 g/mol. The molecule has 1 aromatic heterocycles. The Kier molecular flexibility index (Phi) is 3.38. The van der Waals surface area contributed by atoms with Crippen LogP contribution in [0.5, 0.6) is 0 Å². The Balaban J connectivity index is 1.92. The molecular weight excluding hydrogens is 236 g/mol. The summed E-state index contributed by atoms with van der Waals surface area (Å²) in [5, 5.41) is 4.81. The third-order valence-electron chi connectivity index (χ3n) is 3.74. The molecule has 0 amide bonds. The second-order valence-electron chi connectivity index (χ2n) is 5.37. The van der Waals surface area contributed by atoms with Gasteiger partial charge in [-0.3, -0.25) is 4.98 Å². The van der Waals surface area contributed by atoms with Gasteiger partial charge in [0.05, 0.1) is 23.9 Å². The van der Waals surface area contributed by atoms with Gasteiger partial charge in [0.1, 0.15) is 0 Å². The number of ether oxygens (including phenoxy) is 1. The largest absolute Gasteiger partial charge is 0.383 e. The van der Waals surface area contributed by atoms with E-state index >= 15 is 0 Å². The van der Waals surface area contributed by atoms with E-state index in [2.05, 4.69) is 40.6 Å². The third kappa shape index (κ3) is 2.71. The van der Waals surface area contributed by atoms with Gasteiger partial charge in [-0.15, -0.1) is 0 Å². The van der Waals surface area contributed by atoms with Crippen LogP contribution in [0.2, 0.25) is 0 Å². The van der Waals surface area contributed by atoms with E-state index in [-0.39, 0.29) is 0 Å². The van der Waals surface area contributed by atoms with Gasteiger partial charge in [0.25, 0.3) is 0 Å². The number of aromatic nitrogens is 1. The standard InChI is InChI=1S/C16H20N2O/c1-11-6-7-13-4-3-5-14(16(13)17-11)18-15(10-19-2)12-8-9-12/h3-7,12,15,18H,8-10H2,1-2H3. The molecule has 1 N–H and O–H groups in total. The maximum Gasteiger partial charge on any atom is 0.0936 e. The van der Waals surface area contributed by atoms with Crippen LogP contribution in [0.4, 0.5) is 5.69 Å². The van der Waals surface area contributed by atoms with Gasteiger partial charge in [-0.2, -0.15) is 0 Å². The maximum atomic E-state index is 5.33. The summed E-state index contributed by atoms with van der Waals surface area (Å²) in [5.41, 5.74) is 3.23. The van der Waals surface area contributed by atoms with Gasteiger partial charge in [-0.1, -0.05) is 18.2 Å². The van der Waals surface area contributed by atoms with E-state index in [9.17, 15) is 0 Å². The minimum atomic E-state index is 0.401. The highest BCUT2D eigenvalue weighted by Crippen LogP contribution is 2.35. The number of aryl methyl sites for hydroxylation is 1. The highest BCUT2D eigenvalue weighted by atomic mass is 16.5. The van der Waals surface area contributed by atoms with Crippen LogP contribution < -0.4 is 5.32 Å². The van der Waals surface area contributed by atoms with Gasteiger partial charge in [-0.05, 0) is 37.8 Å². The van der Waals surface area contributed by atoms with Crippen molar-refractivity contribution in [2.45, 2.75) is 25.8 Å². The monoisotopic (exact) mass is 256 g/mol. The summed E-state index contributed by atoms with van der Waals surface area (Å²) in [6, 6.07) is 10.9. The molecule has 3 rings (SSSR count). The van der Waals surface area contributed by atoms with E-state index in [4.69, 9.17) is 4.74 Å². The lowest BCUT2D eigenvalue weighted by atomic mass is 10.1. The van der Waals surface area contributed by atoms with Crippen LogP contribution in [0.15, 0.2) is 30.3 Å². The summed E-state index contributed by atoms with van der Waals surface area (Å²) >= 11 is 0. The van der Waals surface area contributed by atoms with Crippen LogP contribution in [0.3, 0.4) is 0 Å². The minimum absolute atomic E-state index is 0.401. The van der Waals surface area contributed by atoms with E-state index in [1.807, 2.05) is 6.92 Å². The molecule has 0 radical (unpaired) electrons. The van der Waals surface area contributed by atoms with E-state index in [0.29, 0.717) is 6.04 Å². The lowest BCUT2D eigenvalue weighted by Crippen LogP contribution is -2.27. The first-order valence-corrected chi connectivity index (χ1v) is 6.90. The average Bonchev–Trinajstić information content (AvgIpc) is 3.23. The molecular formula is C16H20N2O. The third-order valence-corrected chi connectivity index (χ3v) is 3.74. The van der Waals surface area contributed by atoms with Crippen molar-refractivity contribution < 1.29 is 4.74 Å². The molecule has 100 valence electrons. The molecule has 0 aliphatic heterocycles. The zero-order valence-electron chi connectivity index (χ0n) is 11.5. The molecule has 1 saturated carbocycles. The number of hydrogen-bond donors (Lipinski definition) is 1. The molecule has 1 aromatic carbocycles. The number of anilines is 1. The molecule has 0 bridgehead atoms. The number of pyridine rings is 1. The van der Waals surface area contributed by atoms with Gasteiger partial charge in [0.2, 0.25) is 0 Å². The van der Waals surface area contributed by atoms with Crippen molar-refractivity contribution in [2.24, 2.45) is 5.92 Å². The van der Waals surface area contributed by atoms with Gasteiger partial charge in [0, 0.05) is 18.2 Å². The predicted molar refractivity (Wildman–Crippen MR) is 78.5 cm³/mol. The zero-order valence-corrected chi connectivity index (χ0v) is 11.5. The quantitative estimate of drug-likeness (QED) is 0.890. The number of rotatable bonds is 5. The van der Waals surface area contributed by atoms with Crippen LogP contribution >= 0.6 is 0 Å². The van der Waals surface area contributed by atoms with Gasteiger partial charge in [-0.25, -0.2) is 0 Å². The smallest absolute Gasteiger partial charge is 0.0936 e. The molecule has 1 fully saturated rings. The predicted octanol–water partition coefficient (Wildman–Crippen LogP) is 3.38. The first kappa shape index (κ1) is 12.4. The molecule has 3 heteroatoms. The van der Waals surface area contributed by atoms with E-state index < -0.39 is 0 Å². The summed E-state index contributed by atoms with van der Waals surface area (Å²) < 4.78 is 5.33. The first-order valence-electron chi connectivity index (χ1n) is 6.90. The number of para-hydroxylation sites is 1. The van der Waals surface area contributed by atoms with E-state index in [1.165, 1.54) is 18.2 Å². The molecule has 2 aromatic rings. The SMILES string of the molecule is COCC(Nc1cccc2ccc(C)nc12)C1CC1. The topological polar surface area (TPSA) is 34.1 Å². The fraction of sp³-hybridized carbons (Fsp3) is 0.438. The second kappa shape index (κ2) is 5.17. The summed E-state index contributed by atoms with van der Waals surface area (Å²) in [7, 11) is 1.77. The first-order chi connectivity index (χ1) is 9.28. The van der Waals surface area contributed by atoms with Crippen molar-refractivity contribution in [1.82, 2.24) is 4.98 Å². The van der Waals surface area contributed by atoms with Gasteiger partial charge in [0.15, 0.2) is 0 Å². The van der Waals surface area contributed by atoms with Crippen molar-refractivity contribution in [1.29, 1.82) is 0 Å². The summed E-state index contributed by atoms with van der Waals surface area (Å²) in [6.07, 6.45) is 2.61. The Morgan fingerprint density at radius 3 is 2.89 bits per heavy atom. The van der Waals surface area contributed by atoms with E-state index in [0.717, 1.165) is 29.4 Å². The number of methoxy groups -OCH3 is 1. The maximum absolute atomic E-state index is 5.33. The Morgan fingerprint density at radius 2 is 2.16 bits per heavy atom. The van der Waals surface area contributed by atoms with Crippen LogP contribution in [0, 0.1) is 12.8 Å². The second-order valence-corrected chi connectivity index (χ2v) is 5.37. The highest BCUT2D eigenvalue weighted by molar-refractivity contribution is 5.90. The highest BCUT2D eigenvalue weighted by Gasteiger charge is 2.31. The zero-order chi connectivity index (χ0) is 13.2. The molecule has 1 aliphatic carbocycles.